The van der Waals surface area contributed by atoms with Crippen molar-refractivity contribution in [1.29, 1.82) is 0 Å². The second-order valence-electron chi connectivity index (χ2n) is 0. The first-order valence-electron chi connectivity index (χ1n) is 0. The molecule has 0 bridgehead atoms. The number of hydrogen-bond acceptors (Lipinski definition) is 0. The first-order chi connectivity index (χ1) is 0. The summed E-state index contributed by atoms with van der Waals surface area (Å²) in [5.74, 6) is 0. The molecule has 0 atom stereocenters. The van der Waals surface area contributed by atoms with Crippen LogP contribution in [0.3, 0.4) is 0 Å². The molecular weight excluding hydrogens is 203 g/mol. The normalized spacial score (nSPS) is 0. The van der Waals surface area contributed by atoms with E-state index in [1.165, 1.54) is 0 Å². The monoisotopic (exact) mass is 206 g/mol. The molecule has 0 aliphatic rings. The Morgan fingerprint density at radius 1 is 1.00 bits per heavy atom. The van der Waals surface area contributed by atoms with Crippen molar-refractivity contribution in [1.82, 2.24) is 0 Å². The van der Waals surface area contributed by atoms with Gasteiger partial charge in [0.1, 0.15) is 0 Å². The maximum absolute atomic E-state index is 0. The van der Waals surface area contributed by atoms with Crippen molar-refractivity contribution in [2.75, 3.05) is 0 Å². The summed E-state index contributed by atoms with van der Waals surface area (Å²) >= 11 is 0. The largest absolute Gasteiger partial charge is 0.316 e. The van der Waals surface area contributed by atoms with Crippen LogP contribution in [-0.2, 0) is 47.9 Å². The summed E-state index contributed by atoms with van der Waals surface area (Å²) in [6.45, 7) is 0. The Balaban J connectivity index is 0. The summed E-state index contributed by atoms with van der Waals surface area (Å²) in [6.07, 6.45) is 0. The first-order valence-corrected chi connectivity index (χ1v) is 0. The molecule has 0 aromatic heterocycles. The van der Waals surface area contributed by atoms with E-state index in [9.17, 15) is 0 Å². The molecule has 0 saturated carbocycles. The molecule has 0 saturated heterocycles. The molecule has 0 N–H and O–H groups in total. The minimum atomic E-state index is 0. The van der Waals surface area contributed by atoms with Gasteiger partial charge < -0.3 is 0 Å². The van der Waals surface area contributed by atoms with Gasteiger partial charge in [-0.25, -0.2) is 0 Å². The zero-order chi connectivity index (χ0) is 0. The van der Waals surface area contributed by atoms with Gasteiger partial charge in [0, 0.05) is 47.9 Å². The molecule has 16 valence electrons. The van der Waals surface area contributed by atoms with Crippen LogP contribution in [0.4, 0.5) is 0 Å². The van der Waals surface area contributed by atoms with E-state index in [1.807, 2.05) is 0 Å². The molecular formula is H4CaMgTiZr. The van der Waals surface area contributed by atoms with E-state index in [-0.39, 0.29) is 109 Å². The summed E-state index contributed by atoms with van der Waals surface area (Å²) in [5.41, 5.74) is 0. The quantitative estimate of drug-likeness (QED) is 0.410. The summed E-state index contributed by atoms with van der Waals surface area (Å²) in [6, 6.07) is 0. The predicted molar refractivity (Wildman–Crippen MR) is 17.1 cm³/mol. The van der Waals surface area contributed by atoms with Gasteiger partial charge in [-0.2, -0.15) is 0 Å². The molecule has 0 fully saturated rings. The Morgan fingerprint density at radius 3 is 1.00 bits per heavy atom. The van der Waals surface area contributed by atoms with E-state index in [0.29, 0.717) is 0 Å². The smallest absolute Gasteiger partial charge is 0 e. The molecule has 0 unspecified atom stereocenters. The van der Waals surface area contributed by atoms with E-state index >= 15 is 0 Å². The summed E-state index contributed by atoms with van der Waals surface area (Å²) < 4.78 is 0. The Kier molecular flexibility index (Phi) is 102. The summed E-state index contributed by atoms with van der Waals surface area (Å²) in [7, 11) is 0. The Labute approximate surface area is 106 Å². The first kappa shape index (κ1) is 25.5. The molecule has 4 heteroatoms. The minimum Gasteiger partial charge on any atom is 0 e. The number of hydrogen-bond donors (Lipinski definition) is 0. The van der Waals surface area contributed by atoms with Crippen LogP contribution in [0.15, 0.2) is 0 Å². The van der Waals surface area contributed by atoms with Crippen molar-refractivity contribution >= 4 is 60.8 Å². The Morgan fingerprint density at radius 2 is 1.00 bits per heavy atom. The fourth-order valence-corrected chi connectivity index (χ4v) is 0. The Bertz CT molecular complexity index is 8.00. The van der Waals surface area contributed by atoms with Crippen molar-refractivity contribution in [3.63, 3.8) is 0 Å². The standard InChI is InChI=1S/Ca.Mg.Ti.Zr.4H. The van der Waals surface area contributed by atoms with Crippen LogP contribution < -0.4 is 0 Å². The van der Waals surface area contributed by atoms with Gasteiger partial charge in [-0.3, -0.25) is 0 Å². The second kappa shape index (κ2) is 16.0. The average Bonchev–Trinajstić information content (AvgIpc) is 0. The zero-order valence-electron chi connectivity index (χ0n) is 1.00. The van der Waals surface area contributed by atoms with Crippen LogP contribution in [0, 0.1) is 0 Å². The molecule has 0 aliphatic carbocycles. The summed E-state index contributed by atoms with van der Waals surface area (Å²) in [5, 5.41) is 0. The topological polar surface area (TPSA) is 0 Å². The van der Waals surface area contributed by atoms with Gasteiger partial charge in [-0.1, -0.05) is 0 Å². The van der Waals surface area contributed by atoms with Gasteiger partial charge in [0.15, 0.2) is 0 Å². The van der Waals surface area contributed by atoms with E-state index in [2.05, 4.69) is 0 Å². The maximum Gasteiger partial charge on any atom is 0.316 e. The molecule has 4 heavy (non-hydrogen) atoms. The molecule has 0 radical (unpaired) electrons. The molecule has 0 aromatic carbocycles. The van der Waals surface area contributed by atoms with Crippen molar-refractivity contribution in [2.45, 2.75) is 0 Å². The van der Waals surface area contributed by atoms with Crippen LogP contribution in [0.25, 0.3) is 0 Å². The van der Waals surface area contributed by atoms with Gasteiger partial charge >= 0.3 is 60.8 Å². The third-order valence-corrected chi connectivity index (χ3v) is 0. The van der Waals surface area contributed by atoms with Crippen LogP contribution in [0.2, 0.25) is 0 Å². The SMILES string of the molecule is [CaH2].[MgH2].[Ti].[Zr]. The molecule has 0 aliphatic heterocycles. The molecule has 0 heterocycles. The van der Waals surface area contributed by atoms with E-state index in [4.69, 9.17) is 0 Å². The van der Waals surface area contributed by atoms with Crippen molar-refractivity contribution < 1.29 is 47.9 Å². The van der Waals surface area contributed by atoms with E-state index in [1.54, 1.807) is 0 Å². The molecule has 0 rings (SSSR count). The fraction of sp³-hybridized carbons (Fsp3) is 0. The Hall–Kier alpha value is 3.62. The zero-order valence-corrected chi connectivity index (χ0v) is 5.02. The van der Waals surface area contributed by atoms with Crippen LogP contribution in [-0.4, -0.2) is 60.8 Å². The van der Waals surface area contributed by atoms with Crippen molar-refractivity contribution in [3.8, 4) is 0 Å². The van der Waals surface area contributed by atoms with Gasteiger partial charge in [0.2, 0.25) is 0 Å². The molecule has 0 amide bonds. The molecule has 0 aromatic rings. The van der Waals surface area contributed by atoms with Gasteiger partial charge in [0.05, 0.1) is 0 Å². The van der Waals surface area contributed by atoms with E-state index in [0.717, 1.165) is 0 Å². The minimum absolute atomic E-state index is 0. The fourth-order valence-electron chi connectivity index (χ4n) is 0. The van der Waals surface area contributed by atoms with Gasteiger partial charge in [-0.15, -0.1) is 0 Å². The number of rotatable bonds is 0. The van der Waals surface area contributed by atoms with Crippen LogP contribution in [0.1, 0.15) is 0 Å². The van der Waals surface area contributed by atoms with E-state index < -0.39 is 0 Å². The van der Waals surface area contributed by atoms with Gasteiger partial charge in [0.25, 0.3) is 0 Å². The van der Waals surface area contributed by atoms with Crippen LogP contribution >= 0.6 is 0 Å². The maximum atomic E-state index is 0. The third kappa shape index (κ3) is 9.16. The summed E-state index contributed by atoms with van der Waals surface area (Å²) in [4.78, 5) is 0. The molecule has 0 nitrogen and oxygen atoms in total. The predicted octanol–water partition coefficient (Wildman–Crippen LogP) is -1.84. The van der Waals surface area contributed by atoms with Crippen molar-refractivity contribution in [2.24, 2.45) is 0 Å². The van der Waals surface area contributed by atoms with Crippen molar-refractivity contribution in [3.05, 3.63) is 0 Å². The third-order valence-electron chi connectivity index (χ3n) is 0. The van der Waals surface area contributed by atoms with Crippen LogP contribution in [0.5, 0.6) is 0 Å². The second-order valence-corrected chi connectivity index (χ2v) is 0. The molecule has 0 spiro atoms. The van der Waals surface area contributed by atoms with Gasteiger partial charge in [-0.05, 0) is 0 Å². The average molecular weight is 208 g/mol.